The van der Waals surface area contributed by atoms with Crippen molar-refractivity contribution in [3.63, 3.8) is 0 Å². The molecule has 1 atom stereocenters. The minimum absolute atomic E-state index is 0.658. The van der Waals surface area contributed by atoms with Crippen LogP contribution in [0, 0.1) is 6.92 Å². The van der Waals surface area contributed by atoms with Gasteiger partial charge in [0.15, 0.2) is 0 Å². The molecule has 0 aliphatic carbocycles. The second-order valence-corrected chi connectivity index (χ2v) is 3.80. The van der Waals surface area contributed by atoms with E-state index in [0.29, 0.717) is 0 Å². The van der Waals surface area contributed by atoms with E-state index in [1.54, 1.807) is 24.9 Å². The van der Waals surface area contributed by atoms with Crippen LogP contribution in [-0.2, 0) is 6.54 Å². The number of hydrogen-bond acceptors (Lipinski definition) is 3. The predicted molar refractivity (Wildman–Crippen MR) is 60.9 cm³/mol. The Morgan fingerprint density at radius 1 is 1.31 bits per heavy atom. The lowest BCUT2D eigenvalue weighted by atomic mass is 10.1. The van der Waals surface area contributed by atoms with Crippen LogP contribution in [0.4, 0.5) is 0 Å². The number of imidazole rings is 1. The number of pyridine rings is 1. The van der Waals surface area contributed by atoms with E-state index in [9.17, 15) is 5.11 Å². The largest absolute Gasteiger partial charge is 0.382 e. The molecule has 16 heavy (non-hydrogen) atoms. The standard InChI is InChI=1S/C12H15N3O/c1-3-15-8-14-7-11(15)12(16)10-4-9(2)5-13-6-10/h4-8,12,16H,3H2,1-2H3. The molecule has 84 valence electrons. The third-order valence-electron chi connectivity index (χ3n) is 2.58. The summed E-state index contributed by atoms with van der Waals surface area (Å²) in [5, 5.41) is 10.2. The highest BCUT2D eigenvalue weighted by Crippen LogP contribution is 2.21. The molecule has 2 rings (SSSR count). The Labute approximate surface area is 94.6 Å². The van der Waals surface area contributed by atoms with Gasteiger partial charge in [-0.15, -0.1) is 0 Å². The average molecular weight is 217 g/mol. The second kappa shape index (κ2) is 4.45. The molecule has 1 unspecified atom stereocenters. The molecule has 1 N–H and O–H groups in total. The molecular weight excluding hydrogens is 202 g/mol. The van der Waals surface area contributed by atoms with Gasteiger partial charge in [-0.1, -0.05) is 6.07 Å². The Balaban J connectivity index is 2.35. The fraction of sp³-hybridized carbons (Fsp3) is 0.333. The Bertz CT molecular complexity index is 479. The topological polar surface area (TPSA) is 50.9 Å². The zero-order chi connectivity index (χ0) is 11.5. The third-order valence-corrected chi connectivity index (χ3v) is 2.58. The van der Waals surface area contributed by atoms with Gasteiger partial charge >= 0.3 is 0 Å². The molecule has 0 spiro atoms. The fourth-order valence-electron chi connectivity index (χ4n) is 1.72. The summed E-state index contributed by atoms with van der Waals surface area (Å²) in [6.45, 7) is 4.78. The highest BCUT2D eigenvalue weighted by Gasteiger charge is 2.14. The van der Waals surface area contributed by atoms with Gasteiger partial charge in [0.1, 0.15) is 6.10 Å². The number of aliphatic hydroxyl groups is 1. The number of rotatable bonds is 3. The molecule has 0 saturated carbocycles. The first-order valence-corrected chi connectivity index (χ1v) is 5.32. The molecular formula is C12H15N3O. The van der Waals surface area contributed by atoms with E-state index < -0.39 is 6.10 Å². The number of aliphatic hydroxyl groups excluding tert-OH is 1. The summed E-state index contributed by atoms with van der Waals surface area (Å²) in [7, 11) is 0. The highest BCUT2D eigenvalue weighted by molar-refractivity contribution is 5.25. The Kier molecular flexibility index (Phi) is 3.01. The first-order chi connectivity index (χ1) is 7.72. The molecule has 0 amide bonds. The molecule has 0 aliphatic rings. The minimum atomic E-state index is -0.658. The van der Waals surface area contributed by atoms with Crippen LogP contribution in [0.2, 0.25) is 0 Å². The van der Waals surface area contributed by atoms with Crippen molar-refractivity contribution in [3.05, 3.63) is 47.8 Å². The summed E-state index contributed by atoms with van der Waals surface area (Å²) in [5.74, 6) is 0. The summed E-state index contributed by atoms with van der Waals surface area (Å²) in [5.41, 5.74) is 2.64. The molecule has 2 aromatic rings. The van der Waals surface area contributed by atoms with Crippen LogP contribution in [0.5, 0.6) is 0 Å². The summed E-state index contributed by atoms with van der Waals surface area (Å²) in [4.78, 5) is 8.13. The number of nitrogens with zero attached hydrogens (tertiary/aromatic N) is 3. The predicted octanol–water partition coefficient (Wildman–Crippen LogP) is 1.69. The number of aromatic nitrogens is 3. The van der Waals surface area contributed by atoms with Crippen molar-refractivity contribution in [1.82, 2.24) is 14.5 Å². The normalized spacial score (nSPS) is 12.7. The van der Waals surface area contributed by atoms with E-state index in [4.69, 9.17) is 0 Å². The maximum absolute atomic E-state index is 10.2. The van der Waals surface area contributed by atoms with E-state index in [1.807, 2.05) is 24.5 Å². The van der Waals surface area contributed by atoms with Gasteiger partial charge in [-0.05, 0) is 19.4 Å². The van der Waals surface area contributed by atoms with E-state index in [1.165, 1.54) is 0 Å². The lowest BCUT2D eigenvalue weighted by Gasteiger charge is -2.12. The van der Waals surface area contributed by atoms with Crippen LogP contribution in [0.1, 0.15) is 29.8 Å². The fourth-order valence-corrected chi connectivity index (χ4v) is 1.72. The summed E-state index contributed by atoms with van der Waals surface area (Å²) in [6, 6.07) is 1.94. The van der Waals surface area contributed by atoms with Crippen LogP contribution in [0.3, 0.4) is 0 Å². The van der Waals surface area contributed by atoms with Crippen molar-refractivity contribution >= 4 is 0 Å². The van der Waals surface area contributed by atoms with E-state index in [-0.39, 0.29) is 0 Å². The molecule has 0 fully saturated rings. The van der Waals surface area contributed by atoms with Gasteiger partial charge in [-0.25, -0.2) is 4.98 Å². The van der Waals surface area contributed by atoms with Gasteiger partial charge in [-0.2, -0.15) is 0 Å². The first-order valence-electron chi connectivity index (χ1n) is 5.32. The van der Waals surface area contributed by atoms with E-state index in [2.05, 4.69) is 9.97 Å². The van der Waals surface area contributed by atoms with Crippen LogP contribution in [0.15, 0.2) is 31.0 Å². The van der Waals surface area contributed by atoms with Gasteiger partial charge < -0.3 is 9.67 Å². The van der Waals surface area contributed by atoms with E-state index in [0.717, 1.165) is 23.4 Å². The molecule has 0 aliphatic heterocycles. The minimum Gasteiger partial charge on any atom is -0.382 e. The molecule has 0 saturated heterocycles. The van der Waals surface area contributed by atoms with Crippen LogP contribution < -0.4 is 0 Å². The SMILES string of the molecule is CCn1cncc1C(O)c1cncc(C)c1. The summed E-state index contributed by atoms with van der Waals surface area (Å²) < 4.78 is 1.92. The Morgan fingerprint density at radius 2 is 2.12 bits per heavy atom. The molecule has 0 bridgehead atoms. The molecule has 4 heteroatoms. The smallest absolute Gasteiger partial charge is 0.122 e. The molecule has 0 aromatic carbocycles. The maximum atomic E-state index is 10.2. The second-order valence-electron chi connectivity index (χ2n) is 3.80. The van der Waals surface area contributed by atoms with Gasteiger partial charge in [-0.3, -0.25) is 4.98 Å². The van der Waals surface area contributed by atoms with Crippen molar-refractivity contribution in [2.45, 2.75) is 26.5 Å². The van der Waals surface area contributed by atoms with Gasteiger partial charge in [0, 0.05) is 24.5 Å². The summed E-state index contributed by atoms with van der Waals surface area (Å²) in [6.07, 6.45) is 6.21. The average Bonchev–Trinajstić information content (AvgIpc) is 2.76. The maximum Gasteiger partial charge on any atom is 0.122 e. The molecule has 2 aromatic heterocycles. The van der Waals surface area contributed by atoms with Crippen molar-refractivity contribution in [2.75, 3.05) is 0 Å². The monoisotopic (exact) mass is 217 g/mol. The lowest BCUT2D eigenvalue weighted by molar-refractivity contribution is 0.209. The van der Waals surface area contributed by atoms with Gasteiger partial charge in [0.2, 0.25) is 0 Å². The van der Waals surface area contributed by atoms with Gasteiger partial charge in [0.05, 0.1) is 18.2 Å². The van der Waals surface area contributed by atoms with Crippen molar-refractivity contribution in [1.29, 1.82) is 0 Å². The number of hydrogen-bond donors (Lipinski definition) is 1. The Hall–Kier alpha value is -1.68. The van der Waals surface area contributed by atoms with Crippen LogP contribution in [0.25, 0.3) is 0 Å². The van der Waals surface area contributed by atoms with Crippen LogP contribution >= 0.6 is 0 Å². The molecule has 2 heterocycles. The van der Waals surface area contributed by atoms with Gasteiger partial charge in [0.25, 0.3) is 0 Å². The van der Waals surface area contributed by atoms with E-state index >= 15 is 0 Å². The first kappa shape index (κ1) is 10.8. The lowest BCUT2D eigenvalue weighted by Crippen LogP contribution is -2.07. The van der Waals surface area contributed by atoms with Crippen LogP contribution in [-0.4, -0.2) is 19.6 Å². The third kappa shape index (κ3) is 1.97. The van der Waals surface area contributed by atoms with Crippen molar-refractivity contribution < 1.29 is 5.11 Å². The molecule has 4 nitrogen and oxygen atoms in total. The van der Waals surface area contributed by atoms with Crippen molar-refractivity contribution in [3.8, 4) is 0 Å². The number of aryl methyl sites for hydroxylation is 2. The quantitative estimate of drug-likeness (QED) is 0.851. The highest BCUT2D eigenvalue weighted by atomic mass is 16.3. The zero-order valence-corrected chi connectivity index (χ0v) is 9.46. The Morgan fingerprint density at radius 3 is 2.81 bits per heavy atom. The summed E-state index contributed by atoms with van der Waals surface area (Å²) >= 11 is 0. The van der Waals surface area contributed by atoms with Crippen molar-refractivity contribution in [2.24, 2.45) is 0 Å². The zero-order valence-electron chi connectivity index (χ0n) is 9.46. The molecule has 0 radical (unpaired) electrons.